The van der Waals surface area contributed by atoms with E-state index in [4.69, 9.17) is 10.1 Å². The molecule has 1 aliphatic heterocycles. The largest absolute Gasteiger partial charge is 0.507 e. The molecule has 6 aromatic carbocycles. The van der Waals surface area contributed by atoms with Crippen LogP contribution in [-0.4, -0.2) is 24.4 Å². The Labute approximate surface area is 303 Å². The van der Waals surface area contributed by atoms with Crippen molar-refractivity contribution < 1.29 is 26.2 Å². The fourth-order valence-corrected chi connectivity index (χ4v) is 7.47. The van der Waals surface area contributed by atoms with Gasteiger partial charge < -0.3 is 9.67 Å². The summed E-state index contributed by atoms with van der Waals surface area (Å²) < 4.78 is 4.23. The molecule has 5 nitrogen and oxygen atoms in total. The molecule has 1 N–H and O–H groups in total. The Morgan fingerprint density at radius 2 is 1.16 bits per heavy atom. The van der Waals surface area contributed by atoms with Gasteiger partial charge in [0.15, 0.2) is 0 Å². The van der Waals surface area contributed by atoms with Crippen molar-refractivity contribution in [3.8, 4) is 73.0 Å². The number of fused-ring (bicyclic) bond motifs is 11. The number of hydrogen-bond acceptors (Lipinski definition) is 3. The zero-order chi connectivity index (χ0) is 32.5. The number of benzene rings is 6. The number of hydrogen-bond donors (Lipinski definition) is 1. The molecule has 6 heteroatoms. The summed E-state index contributed by atoms with van der Waals surface area (Å²) in [7, 11) is 0. The van der Waals surface area contributed by atoms with E-state index in [9.17, 15) is 5.11 Å². The molecule has 4 heterocycles. The van der Waals surface area contributed by atoms with Crippen LogP contribution in [-0.2, 0) is 21.1 Å². The second-order valence-corrected chi connectivity index (χ2v) is 12.3. The molecule has 0 atom stereocenters. The van der Waals surface area contributed by atoms with Crippen LogP contribution in [0.15, 0.2) is 158 Å². The molecule has 10 rings (SSSR count). The molecule has 0 spiro atoms. The van der Waals surface area contributed by atoms with Crippen LogP contribution >= 0.6 is 0 Å². The van der Waals surface area contributed by atoms with Gasteiger partial charge in [-0.05, 0) is 52.7 Å². The Kier molecular flexibility index (Phi) is 7.11. The van der Waals surface area contributed by atoms with Crippen molar-refractivity contribution in [1.29, 1.82) is 0 Å². The first-order valence-corrected chi connectivity index (χ1v) is 16.3. The Morgan fingerprint density at radius 1 is 0.540 bits per heavy atom. The molecule has 1 aliphatic rings. The van der Waals surface area contributed by atoms with Crippen LogP contribution in [0.1, 0.15) is 0 Å². The number of nitrogens with zero attached hydrogens (tertiary/aromatic N) is 4. The standard InChI is InChI=1S/C44H27N4O.Pt/c49-40-23-11-9-20-37(40)42-41(28-13-2-1-3-14-28)43-35-19-7-6-17-32(35)30-15-4-5-16-31(30)34-25-24-29(27-39(34)48(43)46-42)47-38-22-10-8-18-33(38)36-21-12-26-45-44(36)47;/h1-26,49H;/q-1;. The molecular weight excluding hydrogens is 796 g/mol. The summed E-state index contributed by atoms with van der Waals surface area (Å²) in [4.78, 5) is 4.85. The molecule has 240 valence electrons. The zero-order valence-corrected chi connectivity index (χ0v) is 28.8. The molecule has 0 saturated heterocycles. The van der Waals surface area contributed by atoms with Gasteiger partial charge in [-0.2, -0.15) is 11.2 Å². The molecule has 0 aliphatic carbocycles. The third-order valence-corrected chi connectivity index (χ3v) is 9.59. The minimum absolute atomic E-state index is 0. The van der Waals surface area contributed by atoms with E-state index in [0.717, 1.165) is 77.9 Å². The predicted molar refractivity (Wildman–Crippen MR) is 197 cm³/mol. The van der Waals surface area contributed by atoms with Gasteiger partial charge in [-0.3, -0.25) is 4.68 Å². The van der Waals surface area contributed by atoms with Crippen molar-refractivity contribution in [3.63, 3.8) is 0 Å². The third-order valence-electron chi connectivity index (χ3n) is 9.59. The SMILES string of the molecule is Oc1ccccc1-c1nn2c(c1-c1ccccc1)-c1ccccc1-c1ccccc1-c1ccc(-n3c4ccccc4c4cccnc43)[c-]c1-2.[Pt]. The molecule has 3 aromatic heterocycles. The van der Waals surface area contributed by atoms with Crippen LogP contribution in [0.5, 0.6) is 5.75 Å². The van der Waals surface area contributed by atoms with Crippen LogP contribution in [0.2, 0.25) is 0 Å². The number of aromatic hydroxyl groups is 1. The van der Waals surface area contributed by atoms with Gasteiger partial charge in [-0.15, -0.1) is 17.7 Å². The van der Waals surface area contributed by atoms with Gasteiger partial charge in [-0.25, -0.2) is 4.98 Å². The third kappa shape index (κ3) is 4.44. The quantitative estimate of drug-likeness (QED) is 0.181. The van der Waals surface area contributed by atoms with E-state index in [2.05, 4.69) is 114 Å². The van der Waals surface area contributed by atoms with Crippen molar-refractivity contribution in [3.05, 3.63) is 164 Å². The molecule has 0 amide bonds. The van der Waals surface area contributed by atoms with E-state index < -0.39 is 0 Å². The van der Waals surface area contributed by atoms with Crippen molar-refractivity contribution in [2.24, 2.45) is 0 Å². The van der Waals surface area contributed by atoms with Crippen molar-refractivity contribution in [2.75, 3.05) is 0 Å². The van der Waals surface area contributed by atoms with Gasteiger partial charge in [0.25, 0.3) is 0 Å². The van der Waals surface area contributed by atoms with Gasteiger partial charge in [0.05, 0.1) is 11.2 Å². The molecule has 0 saturated carbocycles. The van der Waals surface area contributed by atoms with Gasteiger partial charge in [0.2, 0.25) is 0 Å². The maximum Gasteiger partial charge on any atom is 0.143 e. The number of aromatic nitrogens is 4. The van der Waals surface area contributed by atoms with Gasteiger partial charge in [0, 0.05) is 54.7 Å². The number of pyridine rings is 1. The molecule has 0 unspecified atom stereocenters. The van der Waals surface area contributed by atoms with Crippen LogP contribution in [0.25, 0.3) is 89.2 Å². The molecule has 0 bridgehead atoms. The Bertz CT molecular complexity index is 2690. The van der Waals surface area contributed by atoms with Crippen LogP contribution in [0, 0.1) is 6.07 Å². The van der Waals surface area contributed by atoms with Gasteiger partial charge >= 0.3 is 0 Å². The van der Waals surface area contributed by atoms with E-state index in [1.165, 1.54) is 0 Å². The van der Waals surface area contributed by atoms with E-state index in [0.29, 0.717) is 11.3 Å². The fraction of sp³-hybridized carbons (Fsp3) is 0. The van der Waals surface area contributed by atoms with Crippen molar-refractivity contribution in [2.45, 2.75) is 0 Å². The summed E-state index contributed by atoms with van der Waals surface area (Å²) in [5.74, 6) is 0.177. The van der Waals surface area contributed by atoms with E-state index in [-0.39, 0.29) is 26.8 Å². The van der Waals surface area contributed by atoms with Crippen LogP contribution in [0.3, 0.4) is 0 Å². The minimum Gasteiger partial charge on any atom is -0.507 e. The first-order valence-electron chi connectivity index (χ1n) is 16.3. The van der Waals surface area contributed by atoms with E-state index in [1.807, 2.05) is 53.3 Å². The summed E-state index contributed by atoms with van der Waals surface area (Å²) >= 11 is 0. The first kappa shape index (κ1) is 30.1. The summed E-state index contributed by atoms with van der Waals surface area (Å²) in [5.41, 5.74) is 13.3. The maximum absolute atomic E-state index is 11.2. The average Bonchev–Trinajstić information content (AvgIpc) is 3.71. The minimum atomic E-state index is 0. The Hall–Kier alpha value is -6.03. The zero-order valence-electron chi connectivity index (χ0n) is 26.6. The summed E-state index contributed by atoms with van der Waals surface area (Å²) in [6.45, 7) is 0. The topological polar surface area (TPSA) is 55.9 Å². The first-order chi connectivity index (χ1) is 24.3. The monoisotopic (exact) mass is 822 g/mol. The molecule has 0 fully saturated rings. The van der Waals surface area contributed by atoms with Gasteiger partial charge in [-0.1, -0.05) is 120 Å². The molecule has 0 radical (unpaired) electrons. The van der Waals surface area contributed by atoms with E-state index in [1.54, 1.807) is 6.07 Å². The summed E-state index contributed by atoms with van der Waals surface area (Å²) in [6, 6.07) is 55.6. The van der Waals surface area contributed by atoms with Crippen LogP contribution < -0.4 is 0 Å². The predicted octanol–water partition coefficient (Wildman–Crippen LogP) is 10.5. The number of para-hydroxylation sites is 2. The average molecular weight is 823 g/mol. The second-order valence-electron chi connectivity index (χ2n) is 12.3. The second kappa shape index (κ2) is 11.8. The number of phenols is 1. The van der Waals surface area contributed by atoms with Crippen LogP contribution in [0.4, 0.5) is 0 Å². The van der Waals surface area contributed by atoms with Crippen molar-refractivity contribution in [1.82, 2.24) is 19.3 Å². The molecule has 9 aromatic rings. The smallest absolute Gasteiger partial charge is 0.143 e. The summed E-state index contributed by atoms with van der Waals surface area (Å²) in [6.07, 6.45) is 1.84. The summed E-state index contributed by atoms with van der Waals surface area (Å²) in [5, 5.41) is 18.9. The number of phenolic OH excluding ortho intramolecular Hbond substituents is 1. The van der Waals surface area contributed by atoms with Crippen molar-refractivity contribution >= 4 is 21.9 Å². The molecular formula is C44H27N4OPt-. The normalized spacial score (nSPS) is 11.5. The fourth-order valence-electron chi connectivity index (χ4n) is 7.47. The molecule has 50 heavy (non-hydrogen) atoms. The van der Waals surface area contributed by atoms with Gasteiger partial charge in [0.1, 0.15) is 17.1 Å². The maximum atomic E-state index is 11.2. The van der Waals surface area contributed by atoms with E-state index >= 15 is 0 Å². The Balaban J connectivity index is 0.00000336. The Morgan fingerprint density at radius 3 is 1.94 bits per heavy atom. The number of rotatable bonds is 3.